The zero-order valence-corrected chi connectivity index (χ0v) is 14.7. The Morgan fingerprint density at radius 3 is 2.50 bits per heavy atom. The molecule has 3 atom stereocenters. The molecule has 1 fully saturated rings. The SMILES string of the molecule is CCOP(=O)(OCC)C12CC(C(C)C)C1Nc1ccccc12. The van der Waals surface area contributed by atoms with Crippen molar-refractivity contribution in [3.63, 3.8) is 0 Å². The first-order chi connectivity index (χ1) is 10.5. The summed E-state index contributed by atoms with van der Waals surface area (Å²) < 4.78 is 25.2. The Bertz CT molecular complexity index is 593. The van der Waals surface area contributed by atoms with Gasteiger partial charge in [0.25, 0.3) is 0 Å². The highest BCUT2D eigenvalue weighted by Crippen LogP contribution is 2.77. The molecule has 0 saturated heterocycles. The normalized spacial score (nSPS) is 29.7. The van der Waals surface area contributed by atoms with Gasteiger partial charge in [0.15, 0.2) is 0 Å². The Labute approximate surface area is 133 Å². The van der Waals surface area contributed by atoms with Crippen LogP contribution in [0.1, 0.15) is 39.7 Å². The average Bonchev–Trinajstić information content (AvgIpc) is 2.69. The van der Waals surface area contributed by atoms with E-state index >= 15 is 0 Å². The highest BCUT2D eigenvalue weighted by atomic mass is 31.2. The Morgan fingerprint density at radius 1 is 1.27 bits per heavy atom. The first-order valence-electron chi connectivity index (χ1n) is 8.25. The molecule has 1 aromatic rings. The summed E-state index contributed by atoms with van der Waals surface area (Å²) in [6.45, 7) is 9.02. The summed E-state index contributed by atoms with van der Waals surface area (Å²) >= 11 is 0. The van der Waals surface area contributed by atoms with Crippen LogP contribution in [0.3, 0.4) is 0 Å². The lowest BCUT2D eigenvalue weighted by atomic mass is 9.63. The largest absolute Gasteiger partial charge is 0.380 e. The van der Waals surface area contributed by atoms with Gasteiger partial charge in [0.1, 0.15) is 5.16 Å². The van der Waals surface area contributed by atoms with Gasteiger partial charge in [-0.25, -0.2) is 0 Å². The monoisotopic (exact) mass is 323 g/mol. The van der Waals surface area contributed by atoms with Crippen LogP contribution in [0.4, 0.5) is 5.69 Å². The van der Waals surface area contributed by atoms with Crippen LogP contribution < -0.4 is 5.32 Å². The van der Waals surface area contributed by atoms with E-state index in [4.69, 9.17) is 9.05 Å². The summed E-state index contributed by atoms with van der Waals surface area (Å²) in [7, 11) is -3.22. The molecule has 3 unspecified atom stereocenters. The Balaban J connectivity index is 2.10. The third kappa shape index (κ3) is 2.01. The van der Waals surface area contributed by atoms with Crippen LogP contribution in [-0.2, 0) is 18.8 Å². The number of hydrogen-bond acceptors (Lipinski definition) is 4. The highest BCUT2D eigenvalue weighted by Gasteiger charge is 2.70. The Kier molecular flexibility index (Phi) is 4.13. The van der Waals surface area contributed by atoms with Gasteiger partial charge in [-0.05, 0) is 43.7 Å². The van der Waals surface area contributed by atoms with Gasteiger partial charge in [-0.15, -0.1) is 0 Å². The molecule has 122 valence electrons. The van der Waals surface area contributed by atoms with Gasteiger partial charge < -0.3 is 14.4 Å². The third-order valence-electron chi connectivity index (χ3n) is 5.14. The molecule has 0 aromatic heterocycles. The van der Waals surface area contributed by atoms with E-state index in [-0.39, 0.29) is 6.04 Å². The first kappa shape index (κ1) is 16.0. The highest BCUT2D eigenvalue weighted by molar-refractivity contribution is 7.55. The molecule has 0 spiro atoms. The van der Waals surface area contributed by atoms with Crippen molar-refractivity contribution in [1.29, 1.82) is 0 Å². The maximum absolute atomic E-state index is 13.6. The molecule has 1 aliphatic heterocycles. The van der Waals surface area contributed by atoms with Gasteiger partial charge >= 0.3 is 7.60 Å². The first-order valence-corrected chi connectivity index (χ1v) is 9.79. The van der Waals surface area contributed by atoms with Crippen LogP contribution in [0.2, 0.25) is 0 Å². The maximum Gasteiger partial charge on any atom is 0.343 e. The Hall–Kier alpha value is -0.830. The Morgan fingerprint density at radius 2 is 1.91 bits per heavy atom. The van der Waals surface area contributed by atoms with Gasteiger partial charge in [-0.3, -0.25) is 4.57 Å². The maximum atomic E-state index is 13.6. The molecule has 0 amide bonds. The van der Waals surface area contributed by atoms with Gasteiger partial charge in [0.2, 0.25) is 0 Å². The van der Waals surface area contributed by atoms with Crippen LogP contribution in [0, 0.1) is 11.8 Å². The summed E-state index contributed by atoms with van der Waals surface area (Å²) in [4.78, 5) is 0. The van der Waals surface area contributed by atoms with Gasteiger partial charge in [0, 0.05) is 5.69 Å². The quantitative estimate of drug-likeness (QED) is 0.776. The molecule has 1 heterocycles. The van der Waals surface area contributed by atoms with E-state index in [2.05, 4.69) is 31.3 Å². The molecule has 1 N–H and O–H groups in total. The lowest BCUT2D eigenvalue weighted by molar-refractivity contribution is 0.0966. The number of benzene rings is 1. The number of hydrogen-bond donors (Lipinski definition) is 1. The van der Waals surface area contributed by atoms with Crippen molar-refractivity contribution in [3.8, 4) is 0 Å². The average molecular weight is 323 g/mol. The molecular formula is C17H26NO3P. The molecule has 1 aromatic carbocycles. The van der Waals surface area contributed by atoms with Crippen molar-refractivity contribution >= 4 is 13.3 Å². The third-order valence-corrected chi connectivity index (χ3v) is 8.01. The molecule has 1 aliphatic carbocycles. The van der Waals surface area contributed by atoms with E-state index in [1.807, 2.05) is 26.0 Å². The minimum absolute atomic E-state index is 0.133. The van der Waals surface area contributed by atoms with Crippen LogP contribution in [0.25, 0.3) is 0 Å². The van der Waals surface area contributed by atoms with Crippen molar-refractivity contribution in [2.24, 2.45) is 11.8 Å². The minimum atomic E-state index is -3.22. The predicted molar refractivity (Wildman–Crippen MR) is 89.3 cm³/mol. The van der Waals surface area contributed by atoms with Crippen LogP contribution in [0.5, 0.6) is 0 Å². The van der Waals surface area contributed by atoms with Crippen molar-refractivity contribution in [2.75, 3.05) is 18.5 Å². The van der Waals surface area contributed by atoms with Crippen LogP contribution in [0.15, 0.2) is 24.3 Å². The van der Waals surface area contributed by atoms with E-state index in [1.54, 1.807) is 0 Å². The molecule has 0 bridgehead atoms. The van der Waals surface area contributed by atoms with Gasteiger partial charge in [-0.1, -0.05) is 32.0 Å². The van der Waals surface area contributed by atoms with E-state index in [1.165, 1.54) is 0 Å². The molecule has 2 aliphatic rings. The van der Waals surface area contributed by atoms with E-state index in [0.717, 1.165) is 17.7 Å². The molecule has 3 rings (SSSR count). The fourth-order valence-electron chi connectivity index (χ4n) is 4.11. The van der Waals surface area contributed by atoms with Crippen LogP contribution in [-0.4, -0.2) is 19.3 Å². The number of anilines is 1. The standard InChI is InChI=1S/C17H26NO3P/c1-5-20-22(19,21-6-2)17-11-13(12(3)4)16(17)18-15-10-8-7-9-14(15)17/h7-10,12-13,16,18H,5-6,11H2,1-4H3. The number of nitrogens with one attached hydrogen (secondary N) is 1. The second kappa shape index (κ2) is 5.67. The van der Waals surface area contributed by atoms with Crippen molar-refractivity contribution in [3.05, 3.63) is 29.8 Å². The second-order valence-electron chi connectivity index (χ2n) is 6.54. The smallest absolute Gasteiger partial charge is 0.343 e. The summed E-state index contributed by atoms with van der Waals surface area (Å²) in [6, 6.07) is 8.30. The second-order valence-corrected chi connectivity index (χ2v) is 8.85. The minimum Gasteiger partial charge on any atom is -0.380 e. The predicted octanol–water partition coefficient (Wildman–Crippen LogP) is 4.62. The number of rotatable bonds is 6. The van der Waals surface area contributed by atoms with E-state index < -0.39 is 12.8 Å². The summed E-state index contributed by atoms with van der Waals surface area (Å²) in [6.07, 6.45) is 0.858. The molecule has 1 saturated carbocycles. The van der Waals surface area contributed by atoms with Crippen molar-refractivity contribution in [2.45, 2.75) is 45.3 Å². The lowest BCUT2D eigenvalue weighted by Crippen LogP contribution is -2.57. The van der Waals surface area contributed by atoms with E-state index in [0.29, 0.717) is 25.0 Å². The number of fused-ring (bicyclic) bond motifs is 3. The molecule has 0 radical (unpaired) electrons. The van der Waals surface area contributed by atoms with Crippen molar-refractivity contribution < 1.29 is 13.6 Å². The lowest BCUT2D eigenvalue weighted by Gasteiger charge is -2.54. The van der Waals surface area contributed by atoms with Crippen LogP contribution >= 0.6 is 7.60 Å². The number of para-hydroxylation sites is 1. The molecule has 22 heavy (non-hydrogen) atoms. The van der Waals surface area contributed by atoms with E-state index in [9.17, 15) is 4.57 Å². The fraction of sp³-hybridized carbons (Fsp3) is 0.647. The summed E-state index contributed by atoms with van der Waals surface area (Å²) in [5, 5.41) is 3.07. The van der Waals surface area contributed by atoms with Crippen molar-refractivity contribution in [1.82, 2.24) is 0 Å². The molecular weight excluding hydrogens is 297 g/mol. The molecule has 4 nitrogen and oxygen atoms in total. The molecule has 5 heteroatoms. The van der Waals surface area contributed by atoms with Gasteiger partial charge in [0.05, 0.1) is 19.3 Å². The zero-order valence-electron chi connectivity index (χ0n) is 13.8. The van der Waals surface area contributed by atoms with Gasteiger partial charge in [-0.2, -0.15) is 0 Å². The summed E-state index contributed by atoms with van der Waals surface area (Å²) in [5.74, 6) is 1.03. The summed E-state index contributed by atoms with van der Waals surface area (Å²) in [5.41, 5.74) is 2.18. The fourth-order valence-corrected chi connectivity index (χ4v) is 6.85. The topological polar surface area (TPSA) is 47.6 Å². The zero-order chi connectivity index (χ0) is 16.0.